The lowest BCUT2D eigenvalue weighted by molar-refractivity contribution is 0.0955. The highest BCUT2D eigenvalue weighted by Crippen LogP contribution is 2.22. The van der Waals surface area contributed by atoms with Crippen LogP contribution in [0.5, 0.6) is 0 Å². The summed E-state index contributed by atoms with van der Waals surface area (Å²) in [5.41, 5.74) is 1.17. The summed E-state index contributed by atoms with van der Waals surface area (Å²) in [6, 6.07) is 19.9. The molecule has 3 aromatic rings. The zero-order chi connectivity index (χ0) is 22.3. The Morgan fingerprint density at radius 3 is 2.58 bits per heavy atom. The molecular formula is C22H21N5O3S. The highest BCUT2D eigenvalue weighted by Gasteiger charge is 2.22. The van der Waals surface area contributed by atoms with E-state index in [9.17, 15) is 13.2 Å². The number of benzene rings is 2. The van der Waals surface area contributed by atoms with Crippen molar-refractivity contribution in [3.05, 3.63) is 84.1 Å². The van der Waals surface area contributed by atoms with Crippen LogP contribution in [0.1, 0.15) is 15.9 Å². The Morgan fingerprint density at radius 2 is 1.84 bits per heavy atom. The quantitative estimate of drug-likeness (QED) is 0.526. The Morgan fingerprint density at radius 1 is 1.06 bits per heavy atom. The maximum atomic E-state index is 12.9. The van der Waals surface area contributed by atoms with Crippen molar-refractivity contribution in [3.63, 3.8) is 0 Å². The minimum atomic E-state index is -3.81. The lowest BCUT2D eigenvalue weighted by Gasteiger charge is -2.19. The molecule has 31 heavy (non-hydrogen) atoms. The van der Waals surface area contributed by atoms with Crippen LogP contribution in [0, 0.1) is 11.3 Å². The SMILES string of the molecule is CN(c1ccccc1)S(=O)(=O)c1cccc(C(=O)NCCNc2ncccc2C#N)c1. The van der Waals surface area contributed by atoms with Crippen molar-refractivity contribution in [2.24, 2.45) is 0 Å². The van der Waals surface area contributed by atoms with E-state index in [2.05, 4.69) is 15.6 Å². The standard InChI is InChI=1S/C22H21N5O3S/c1-27(19-9-3-2-4-10-19)31(29,30)20-11-5-7-17(15-20)22(28)26-14-13-25-21-18(16-23)8-6-12-24-21/h2-12,15H,13-14H2,1H3,(H,24,25)(H,26,28). The number of nitrogens with one attached hydrogen (secondary N) is 2. The summed E-state index contributed by atoms with van der Waals surface area (Å²) < 4.78 is 27.0. The van der Waals surface area contributed by atoms with Crippen LogP contribution < -0.4 is 14.9 Å². The number of sulfonamides is 1. The van der Waals surface area contributed by atoms with Gasteiger partial charge in [-0.05, 0) is 42.5 Å². The first kappa shape index (κ1) is 21.8. The van der Waals surface area contributed by atoms with E-state index < -0.39 is 15.9 Å². The zero-order valence-electron chi connectivity index (χ0n) is 16.8. The number of para-hydroxylation sites is 1. The maximum absolute atomic E-state index is 12.9. The van der Waals surface area contributed by atoms with Gasteiger partial charge < -0.3 is 10.6 Å². The summed E-state index contributed by atoms with van der Waals surface area (Å²) in [6.07, 6.45) is 1.57. The van der Waals surface area contributed by atoms with Crippen molar-refractivity contribution in [1.82, 2.24) is 10.3 Å². The fourth-order valence-electron chi connectivity index (χ4n) is 2.83. The minimum Gasteiger partial charge on any atom is -0.367 e. The predicted octanol–water partition coefficient (Wildman–Crippen LogP) is 2.62. The normalized spacial score (nSPS) is 10.7. The third-order valence-electron chi connectivity index (χ3n) is 4.51. The molecular weight excluding hydrogens is 414 g/mol. The number of hydrogen-bond donors (Lipinski definition) is 2. The van der Waals surface area contributed by atoms with Gasteiger partial charge in [0.25, 0.3) is 15.9 Å². The van der Waals surface area contributed by atoms with Gasteiger partial charge in [-0.2, -0.15) is 5.26 Å². The van der Waals surface area contributed by atoms with Crippen molar-refractivity contribution in [2.45, 2.75) is 4.90 Å². The van der Waals surface area contributed by atoms with Crippen LogP contribution in [0.2, 0.25) is 0 Å². The van der Waals surface area contributed by atoms with Crippen LogP contribution in [0.4, 0.5) is 11.5 Å². The zero-order valence-corrected chi connectivity index (χ0v) is 17.6. The number of nitrogens with zero attached hydrogens (tertiary/aromatic N) is 3. The van der Waals surface area contributed by atoms with Crippen molar-refractivity contribution in [1.29, 1.82) is 5.26 Å². The predicted molar refractivity (Wildman–Crippen MR) is 118 cm³/mol. The summed E-state index contributed by atoms with van der Waals surface area (Å²) in [4.78, 5) is 16.6. The van der Waals surface area contributed by atoms with E-state index in [0.29, 0.717) is 23.6 Å². The molecule has 0 saturated heterocycles. The molecule has 1 heterocycles. The van der Waals surface area contributed by atoms with Crippen molar-refractivity contribution in [2.75, 3.05) is 29.8 Å². The Bertz CT molecular complexity index is 1210. The van der Waals surface area contributed by atoms with Gasteiger partial charge in [0.2, 0.25) is 0 Å². The van der Waals surface area contributed by atoms with Crippen LogP contribution in [-0.2, 0) is 10.0 Å². The maximum Gasteiger partial charge on any atom is 0.264 e. The molecule has 9 heteroatoms. The summed E-state index contributed by atoms with van der Waals surface area (Å²) in [7, 11) is -2.35. The van der Waals surface area contributed by atoms with Gasteiger partial charge in [-0.1, -0.05) is 24.3 Å². The average Bonchev–Trinajstić information content (AvgIpc) is 2.82. The molecule has 0 aliphatic carbocycles. The number of anilines is 2. The lowest BCUT2D eigenvalue weighted by Crippen LogP contribution is -2.30. The molecule has 0 aliphatic heterocycles. The van der Waals surface area contributed by atoms with Gasteiger partial charge in [0, 0.05) is 31.9 Å². The molecule has 3 rings (SSSR count). The highest BCUT2D eigenvalue weighted by molar-refractivity contribution is 7.92. The first-order valence-electron chi connectivity index (χ1n) is 9.44. The summed E-state index contributed by atoms with van der Waals surface area (Å²) >= 11 is 0. The Labute approximate surface area is 181 Å². The van der Waals surface area contributed by atoms with E-state index in [1.807, 2.05) is 6.07 Å². The van der Waals surface area contributed by atoms with Crippen LogP contribution in [0.25, 0.3) is 0 Å². The van der Waals surface area contributed by atoms with Gasteiger partial charge in [0.15, 0.2) is 0 Å². The Kier molecular flexibility index (Phi) is 6.85. The molecule has 2 aromatic carbocycles. The first-order valence-corrected chi connectivity index (χ1v) is 10.9. The molecule has 158 valence electrons. The largest absolute Gasteiger partial charge is 0.367 e. The van der Waals surface area contributed by atoms with Crippen LogP contribution in [0.15, 0.2) is 77.8 Å². The first-order chi connectivity index (χ1) is 14.9. The van der Waals surface area contributed by atoms with Crippen LogP contribution >= 0.6 is 0 Å². The molecule has 0 saturated carbocycles. The topological polar surface area (TPSA) is 115 Å². The van der Waals surface area contributed by atoms with Crippen molar-refractivity contribution in [3.8, 4) is 6.07 Å². The van der Waals surface area contributed by atoms with Gasteiger partial charge in [0.05, 0.1) is 16.1 Å². The van der Waals surface area contributed by atoms with E-state index in [-0.39, 0.29) is 17.0 Å². The van der Waals surface area contributed by atoms with E-state index in [1.54, 1.807) is 54.7 Å². The van der Waals surface area contributed by atoms with E-state index in [0.717, 1.165) is 0 Å². The fourth-order valence-corrected chi connectivity index (χ4v) is 4.07. The fraction of sp³-hybridized carbons (Fsp3) is 0.136. The highest BCUT2D eigenvalue weighted by atomic mass is 32.2. The number of pyridine rings is 1. The monoisotopic (exact) mass is 435 g/mol. The van der Waals surface area contributed by atoms with Crippen molar-refractivity contribution < 1.29 is 13.2 Å². The van der Waals surface area contributed by atoms with Crippen LogP contribution in [-0.4, -0.2) is 39.4 Å². The van der Waals surface area contributed by atoms with Gasteiger partial charge in [0.1, 0.15) is 11.9 Å². The summed E-state index contributed by atoms with van der Waals surface area (Å²) in [5.74, 6) is 0.0408. The van der Waals surface area contributed by atoms with Crippen LogP contribution in [0.3, 0.4) is 0 Å². The summed E-state index contributed by atoms with van der Waals surface area (Å²) in [6.45, 7) is 0.618. The van der Waals surface area contributed by atoms with Crippen molar-refractivity contribution >= 4 is 27.4 Å². The second kappa shape index (κ2) is 9.73. The van der Waals surface area contributed by atoms with E-state index >= 15 is 0 Å². The molecule has 0 spiro atoms. The number of amides is 1. The number of carbonyl (C=O) groups is 1. The Hall–Kier alpha value is -3.90. The molecule has 1 amide bonds. The third-order valence-corrected chi connectivity index (χ3v) is 6.29. The number of nitriles is 1. The average molecular weight is 436 g/mol. The molecule has 0 aliphatic rings. The smallest absolute Gasteiger partial charge is 0.264 e. The molecule has 8 nitrogen and oxygen atoms in total. The molecule has 0 radical (unpaired) electrons. The van der Waals surface area contributed by atoms with E-state index in [4.69, 9.17) is 5.26 Å². The molecule has 0 atom stereocenters. The minimum absolute atomic E-state index is 0.0248. The third kappa shape index (κ3) is 5.18. The second-order valence-corrected chi connectivity index (χ2v) is 8.50. The van der Waals surface area contributed by atoms with Gasteiger partial charge in [-0.25, -0.2) is 13.4 Å². The van der Waals surface area contributed by atoms with Gasteiger partial charge in [-0.15, -0.1) is 0 Å². The van der Waals surface area contributed by atoms with Gasteiger partial charge >= 0.3 is 0 Å². The van der Waals surface area contributed by atoms with Gasteiger partial charge in [-0.3, -0.25) is 9.10 Å². The molecule has 0 unspecified atom stereocenters. The number of rotatable bonds is 8. The molecule has 0 fully saturated rings. The second-order valence-electron chi connectivity index (χ2n) is 6.53. The number of aromatic nitrogens is 1. The molecule has 2 N–H and O–H groups in total. The lowest BCUT2D eigenvalue weighted by atomic mass is 10.2. The Balaban J connectivity index is 1.64. The summed E-state index contributed by atoms with van der Waals surface area (Å²) in [5, 5.41) is 14.8. The molecule has 0 bridgehead atoms. The van der Waals surface area contributed by atoms with E-state index in [1.165, 1.54) is 29.6 Å². The molecule has 1 aromatic heterocycles. The number of hydrogen-bond acceptors (Lipinski definition) is 6. The number of carbonyl (C=O) groups excluding carboxylic acids is 1.